The van der Waals surface area contributed by atoms with Gasteiger partial charge in [0.25, 0.3) is 5.91 Å². The molecule has 0 aliphatic carbocycles. The number of benzene rings is 1. The lowest BCUT2D eigenvalue weighted by Crippen LogP contribution is -2.52. The maximum atomic E-state index is 13.0. The molecule has 5 nitrogen and oxygen atoms in total. The summed E-state index contributed by atoms with van der Waals surface area (Å²) in [5, 5.41) is 0.593. The van der Waals surface area contributed by atoms with Gasteiger partial charge in [0.05, 0.1) is 10.6 Å². The highest BCUT2D eigenvalue weighted by atomic mass is 35.5. The molecule has 3 aliphatic heterocycles. The van der Waals surface area contributed by atoms with Crippen LogP contribution in [0.5, 0.6) is 0 Å². The van der Waals surface area contributed by atoms with E-state index in [-0.39, 0.29) is 22.9 Å². The van der Waals surface area contributed by atoms with Crippen molar-refractivity contribution in [3.8, 4) is 0 Å². The lowest BCUT2D eigenvalue weighted by Gasteiger charge is -2.42. The van der Waals surface area contributed by atoms with Crippen molar-refractivity contribution in [2.24, 2.45) is 0 Å². The Morgan fingerprint density at radius 1 is 1.17 bits per heavy atom. The van der Waals surface area contributed by atoms with E-state index < -0.39 is 0 Å². The average Bonchev–Trinajstić information content (AvgIpc) is 3.03. The minimum absolute atomic E-state index is 0.111. The molecule has 1 atom stereocenters. The highest BCUT2D eigenvalue weighted by molar-refractivity contribution is 8.01. The van der Waals surface area contributed by atoms with Crippen molar-refractivity contribution in [2.45, 2.75) is 23.8 Å². The van der Waals surface area contributed by atoms with E-state index in [0.717, 1.165) is 25.9 Å². The van der Waals surface area contributed by atoms with Gasteiger partial charge in [-0.15, -0.1) is 11.8 Å². The van der Waals surface area contributed by atoms with Crippen molar-refractivity contribution < 1.29 is 9.59 Å². The molecule has 0 unspecified atom stereocenters. The molecule has 1 spiro atoms. The summed E-state index contributed by atoms with van der Waals surface area (Å²) in [5.41, 5.74) is 0.604. The number of halogens is 1. The number of hydrogen-bond donors (Lipinski definition) is 0. The van der Waals surface area contributed by atoms with Crippen LogP contribution in [-0.2, 0) is 4.79 Å². The van der Waals surface area contributed by atoms with Crippen LogP contribution in [0.15, 0.2) is 24.3 Å². The number of hydrogen-bond acceptors (Lipinski definition) is 4. The van der Waals surface area contributed by atoms with Gasteiger partial charge < -0.3 is 4.90 Å². The quantitative estimate of drug-likeness (QED) is 0.730. The minimum Gasteiger partial charge on any atom is -0.306 e. The fourth-order valence-corrected chi connectivity index (χ4v) is 5.38. The van der Waals surface area contributed by atoms with E-state index in [0.29, 0.717) is 16.5 Å². The summed E-state index contributed by atoms with van der Waals surface area (Å²) >= 11 is 7.69. The van der Waals surface area contributed by atoms with Crippen LogP contribution in [0.4, 0.5) is 10.5 Å². The minimum atomic E-state index is -0.327. The number of likely N-dealkylation sites (tertiary alicyclic amines) is 1. The van der Waals surface area contributed by atoms with Crippen LogP contribution < -0.4 is 4.90 Å². The number of thioether (sulfide) groups is 1. The molecule has 4 rings (SSSR count). The number of carbonyl (C=O) groups excluding carboxylic acids is 2. The Morgan fingerprint density at radius 2 is 1.83 bits per heavy atom. The molecule has 0 saturated carbocycles. The smallest absolute Gasteiger partial charge is 0.306 e. The summed E-state index contributed by atoms with van der Waals surface area (Å²) in [5.74, 6) is 0.582. The zero-order valence-electron chi connectivity index (χ0n) is 12.9. The first-order chi connectivity index (χ1) is 11.0. The van der Waals surface area contributed by atoms with Crippen LogP contribution in [0.25, 0.3) is 0 Å². The number of anilines is 1. The van der Waals surface area contributed by atoms with Gasteiger partial charge in [0.15, 0.2) is 0 Å². The lowest BCUT2D eigenvalue weighted by molar-refractivity contribution is -0.119. The molecule has 0 bridgehead atoms. The van der Waals surface area contributed by atoms with E-state index in [1.165, 1.54) is 4.90 Å². The molecule has 3 aliphatic rings. The number of nitrogens with zero attached hydrogens (tertiary/aromatic N) is 3. The molecule has 3 saturated heterocycles. The summed E-state index contributed by atoms with van der Waals surface area (Å²) < 4.78 is 0. The third-order valence-corrected chi connectivity index (χ3v) is 6.89. The third kappa shape index (κ3) is 2.27. The molecule has 3 heterocycles. The number of piperidine rings is 1. The van der Waals surface area contributed by atoms with Crippen molar-refractivity contribution in [3.05, 3.63) is 29.3 Å². The van der Waals surface area contributed by atoms with Crippen LogP contribution in [0.3, 0.4) is 0 Å². The highest BCUT2D eigenvalue weighted by Crippen LogP contribution is 2.50. The fraction of sp³-hybridized carbons (Fsp3) is 0.500. The molecule has 7 heteroatoms. The maximum Gasteiger partial charge on any atom is 0.333 e. The number of amides is 3. The fourth-order valence-electron chi connectivity index (χ4n) is 3.68. The Bertz CT molecular complexity index is 658. The third-order valence-electron chi connectivity index (χ3n) is 5.02. The van der Waals surface area contributed by atoms with Gasteiger partial charge in [0, 0.05) is 23.9 Å². The predicted octanol–water partition coefficient (Wildman–Crippen LogP) is 2.65. The van der Waals surface area contributed by atoms with E-state index in [4.69, 9.17) is 11.6 Å². The van der Waals surface area contributed by atoms with E-state index in [1.807, 2.05) is 4.90 Å². The Labute approximate surface area is 144 Å². The van der Waals surface area contributed by atoms with Crippen LogP contribution in [-0.4, -0.2) is 58.5 Å². The Hall–Kier alpha value is -1.24. The van der Waals surface area contributed by atoms with Gasteiger partial charge in [-0.2, -0.15) is 0 Å². The van der Waals surface area contributed by atoms with Gasteiger partial charge in [-0.25, -0.2) is 9.69 Å². The number of rotatable bonds is 1. The van der Waals surface area contributed by atoms with Crippen molar-refractivity contribution in [2.75, 3.05) is 30.8 Å². The number of fused-ring (bicyclic) bond motifs is 2. The van der Waals surface area contributed by atoms with Gasteiger partial charge in [-0.1, -0.05) is 11.6 Å². The average molecular weight is 352 g/mol. The molecule has 0 N–H and O–H groups in total. The predicted molar refractivity (Wildman–Crippen MR) is 91.9 cm³/mol. The second-order valence-corrected chi connectivity index (χ2v) is 8.20. The van der Waals surface area contributed by atoms with Crippen LogP contribution in [0.2, 0.25) is 5.02 Å². The Balaban J connectivity index is 1.66. The van der Waals surface area contributed by atoms with Gasteiger partial charge in [-0.3, -0.25) is 9.69 Å². The van der Waals surface area contributed by atoms with Gasteiger partial charge >= 0.3 is 6.03 Å². The van der Waals surface area contributed by atoms with E-state index in [1.54, 1.807) is 36.0 Å². The SMILES string of the molecule is CN1CCC2(CC1)SC[C@H]1C(=O)N(c3ccc(Cl)cc3)C(=O)N12. The molecule has 3 fully saturated rings. The van der Waals surface area contributed by atoms with Crippen molar-refractivity contribution in [1.29, 1.82) is 0 Å². The lowest BCUT2D eigenvalue weighted by atomic mass is 10.0. The summed E-state index contributed by atoms with van der Waals surface area (Å²) in [6.45, 7) is 1.91. The van der Waals surface area contributed by atoms with Crippen LogP contribution in [0, 0.1) is 0 Å². The molecule has 0 radical (unpaired) electrons. The molecule has 122 valence electrons. The van der Waals surface area contributed by atoms with E-state index in [2.05, 4.69) is 11.9 Å². The Kier molecular flexibility index (Phi) is 3.59. The normalized spacial score (nSPS) is 27.1. The van der Waals surface area contributed by atoms with Crippen molar-refractivity contribution >= 4 is 41.0 Å². The van der Waals surface area contributed by atoms with Gasteiger partial charge in [0.2, 0.25) is 0 Å². The van der Waals surface area contributed by atoms with E-state index in [9.17, 15) is 9.59 Å². The summed E-state index contributed by atoms with van der Waals surface area (Å²) in [6, 6.07) is 6.37. The number of imide groups is 1. The largest absolute Gasteiger partial charge is 0.333 e. The van der Waals surface area contributed by atoms with E-state index >= 15 is 0 Å². The molecule has 1 aromatic carbocycles. The summed E-state index contributed by atoms with van der Waals surface area (Å²) in [4.78, 5) is 31.0. The van der Waals surface area contributed by atoms with Crippen molar-refractivity contribution in [1.82, 2.24) is 9.80 Å². The monoisotopic (exact) mass is 351 g/mol. The maximum absolute atomic E-state index is 13.0. The zero-order valence-corrected chi connectivity index (χ0v) is 14.4. The molecular formula is C16H18ClN3O2S. The summed E-state index contributed by atoms with van der Waals surface area (Å²) in [7, 11) is 2.10. The summed E-state index contributed by atoms with van der Waals surface area (Å²) in [6.07, 6.45) is 1.83. The molecule has 3 amide bonds. The Morgan fingerprint density at radius 3 is 2.48 bits per heavy atom. The molecule has 0 aromatic heterocycles. The first kappa shape index (κ1) is 15.3. The molecular weight excluding hydrogens is 334 g/mol. The molecule has 1 aromatic rings. The second kappa shape index (κ2) is 5.40. The highest BCUT2D eigenvalue weighted by Gasteiger charge is 2.59. The van der Waals surface area contributed by atoms with Crippen LogP contribution in [0.1, 0.15) is 12.8 Å². The topological polar surface area (TPSA) is 43.9 Å². The standard InChI is InChI=1S/C16H18ClN3O2S/c1-18-8-6-16(7-9-18)20-13(10-23-16)14(21)19(15(20)22)12-4-2-11(17)3-5-12/h2-5,13H,6-10H2,1H3/t13-/m0/s1. The first-order valence-electron chi connectivity index (χ1n) is 7.77. The molecule has 23 heavy (non-hydrogen) atoms. The van der Waals surface area contributed by atoms with Gasteiger partial charge in [-0.05, 0) is 44.2 Å². The van der Waals surface area contributed by atoms with Crippen molar-refractivity contribution in [3.63, 3.8) is 0 Å². The number of carbonyl (C=O) groups is 2. The zero-order chi connectivity index (χ0) is 16.2. The van der Waals surface area contributed by atoms with Crippen LogP contribution >= 0.6 is 23.4 Å². The second-order valence-electron chi connectivity index (χ2n) is 6.38. The first-order valence-corrected chi connectivity index (χ1v) is 9.13. The number of urea groups is 1. The van der Waals surface area contributed by atoms with Gasteiger partial charge in [0.1, 0.15) is 6.04 Å².